The summed E-state index contributed by atoms with van der Waals surface area (Å²) in [5.74, 6) is -0.232. The zero-order chi connectivity index (χ0) is 14.7. The van der Waals surface area contributed by atoms with Crippen molar-refractivity contribution in [2.24, 2.45) is 17.4 Å². The van der Waals surface area contributed by atoms with Gasteiger partial charge in [-0.15, -0.1) is 11.3 Å². The number of rotatable bonds is 5. The van der Waals surface area contributed by atoms with Gasteiger partial charge < -0.3 is 11.5 Å². The Hall–Kier alpha value is -0.430. The molecule has 0 saturated carbocycles. The van der Waals surface area contributed by atoms with Gasteiger partial charge in [0.05, 0.1) is 15.7 Å². The highest BCUT2D eigenvalue weighted by molar-refractivity contribution is 9.11. The molecule has 1 aliphatic heterocycles. The van der Waals surface area contributed by atoms with Crippen molar-refractivity contribution in [3.8, 4) is 0 Å². The van der Waals surface area contributed by atoms with E-state index in [0.717, 1.165) is 36.1 Å². The Morgan fingerprint density at radius 2 is 2.35 bits per heavy atom. The van der Waals surface area contributed by atoms with Gasteiger partial charge in [0.15, 0.2) is 0 Å². The molecule has 1 amide bonds. The SMILES string of the molecule is CCC(N)C(c1ccc(Br)s1)N1CCCC(C(N)=O)C1. The summed E-state index contributed by atoms with van der Waals surface area (Å²) in [5, 5.41) is 0. The van der Waals surface area contributed by atoms with Gasteiger partial charge in [0, 0.05) is 17.5 Å². The van der Waals surface area contributed by atoms with E-state index in [1.54, 1.807) is 11.3 Å². The Kier molecular flexibility index (Phi) is 5.60. The molecule has 0 radical (unpaired) electrons. The monoisotopic (exact) mass is 359 g/mol. The smallest absolute Gasteiger partial charge is 0.221 e. The molecule has 4 nitrogen and oxygen atoms in total. The van der Waals surface area contributed by atoms with Crippen molar-refractivity contribution in [3.05, 3.63) is 20.8 Å². The first kappa shape index (κ1) is 15.9. The number of thiophene rings is 1. The molecule has 1 fully saturated rings. The molecule has 4 N–H and O–H groups in total. The highest BCUT2D eigenvalue weighted by Crippen LogP contribution is 2.35. The normalized spacial score (nSPS) is 23.4. The third-order valence-electron chi connectivity index (χ3n) is 4.01. The molecule has 1 aromatic rings. The summed E-state index contributed by atoms with van der Waals surface area (Å²) in [5.41, 5.74) is 11.8. The number of hydrogen-bond acceptors (Lipinski definition) is 4. The minimum absolute atomic E-state index is 0.0429. The Morgan fingerprint density at radius 3 is 2.90 bits per heavy atom. The zero-order valence-corrected chi connectivity index (χ0v) is 14.1. The third kappa shape index (κ3) is 3.61. The Morgan fingerprint density at radius 1 is 1.60 bits per heavy atom. The molecule has 1 aliphatic rings. The van der Waals surface area contributed by atoms with Crippen LogP contribution in [0.5, 0.6) is 0 Å². The number of hydrogen-bond donors (Lipinski definition) is 2. The van der Waals surface area contributed by atoms with Crippen molar-refractivity contribution in [2.75, 3.05) is 13.1 Å². The van der Waals surface area contributed by atoms with Crippen molar-refractivity contribution in [1.82, 2.24) is 4.90 Å². The number of nitrogens with zero attached hydrogens (tertiary/aromatic N) is 1. The van der Waals surface area contributed by atoms with Gasteiger partial charge in [-0.1, -0.05) is 6.92 Å². The van der Waals surface area contributed by atoms with Gasteiger partial charge >= 0.3 is 0 Å². The Bertz CT molecular complexity index is 465. The summed E-state index contributed by atoms with van der Waals surface area (Å²) in [4.78, 5) is 15.1. The van der Waals surface area contributed by atoms with E-state index in [1.165, 1.54) is 4.88 Å². The summed E-state index contributed by atoms with van der Waals surface area (Å²) in [6.45, 7) is 3.82. The molecular formula is C14H22BrN3OS. The molecular weight excluding hydrogens is 338 g/mol. The van der Waals surface area contributed by atoms with Crippen molar-refractivity contribution in [2.45, 2.75) is 38.3 Å². The number of carbonyl (C=O) groups is 1. The van der Waals surface area contributed by atoms with Crippen LogP contribution in [0.4, 0.5) is 0 Å². The minimum Gasteiger partial charge on any atom is -0.369 e. The number of primary amides is 1. The largest absolute Gasteiger partial charge is 0.369 e. The van der Waals surface area contributed by atoms with Gasteiger partial charge in [-0.05, 0) is 53.9 Å². The summed E-state index contributed by atoms with van der Waals surface area (Å²) in [6, 6.07) is 4.44. The predicted octanol–water partition coefficient (Wildman–Crippen LogP) is 2.49. The molecule has 0 spiro atoms. The average molecular weight is 360 g/mol. The van der Waals surface area contributed by atoms with Crippen LogP contribution < -0.4 is 11.5 Å². The van der Waals surface area contributed by atoms with Gasteiger partial charge in [0.2, 0.25) is 5.91 Å². The zero-order valence-electron chi connectivity index (χ0n) is 11.7. The molecule has 2 heterocycles. The highest BCUT2D eigenvalue weighted by atomic mass is 79.9. The topological polar surface area (TPSA) is 72.3 Å². The molecule has 1 aromatic heterocycles. The van der Waals surface area contributed by atoms with Gasteiger partial charge in [-0.25, -0.2) is 0 Å². The fourth-order valence-electron chi connectivity index (χ4n) is 2.86. The van der Waals surface area contributed by atoms with Gasteiger partial charge in [0.25, 0.3) is 0 Å². The Labute approximate surface area is 132 Å². The van der Waals surface area contributed by atoms with E-state index >= 15 is 0 Å². The van der Waals surface area contributed by atoms with Crippen LogP contribution in [0.1, 0.15) is 37.1 Å². The van der Waals surface area contributed by atoms with Gasteiger partial charge in [-0.3, -0.25) is 9.69 Å². The van der Waals surface area contributed by atoms with Gasteiger partial charge in [0.1, 0.15) is 0 Å². The van der Waals surface area contributed by atoms with E-state index in [9.17, 15) is 4.79 Å². The van der Waals surface area contributed by atoms with Crippen LogP contribution in [-0.4, -0.2) is 29.9 Å². The maximum Gasteiger partial charge on any atom is 0.221 e. The lowest BCUT2D eigenvalue weighted by Gasteiger charge is -2.39. The third-order valence-corrected chi connectivity index (χ3v) is 5.71. The first-order chi connectivity index (χ1) is 9.52. The van der Waals surface area contributed by atoms with Crippen LogP contribution in [0.15, 0.2) is 15.9 Å². The Balaban J connectivity index is 2.20. The maximum atomic E-state index is 11.5. The van der Waals surface area contributed by atoms with Crippen LogP contribution in [0, 0.1) is 5.92 Å². The van der Waals surface area contributed by atoms with E-state index in [2.05, 4.69) is 39.9 Å². The first-order valence-electron chi connectivity index (χ1n) is 7.07. The second kappa shape index (κ2) is 7.02. The van der Waals surface area contributed by atoms with E-state index in [-0.39, 0.29) is 23.9 Å². The van der Waals surface area contributed by atoms with Crippen molar-refractivity contribution in [3.63, 3.8) is 0 Å². The minimum atomic E-state index is -0.189. The van der Waals surface area contributed by atoms with Crippen LogP contribution >= 0.6 is 27.3 Å². The van der Waals surface area contributed by atoms with Crippen LogP contribution in [0.25, 0.3) is 0 Å². The molecule has 3 atom stereocenters. The summed E-state index contributed by atoms with van der Waals surface area (Å²) >= 11 is 5.24. The summed E-state index contributed by atoms with van der Waals surface area (Å²) in [7, 11) is 0. The number of halogens is 1. The molecule has 2 rings (SSSR count). The lowest BCUT2D eigenvalue weighted by molar-refractivity contribution is -0.123. The fraction of sp³-hybridized carbons (Fsp3) is 0.643. The fourth-order valence-corrected chi connectivity index (χ4v) is 4.50. The molecule has 6 heteroatoms. The number of nitrogens with two attached hydrogens (primary N) is 2. The van der Waals surface area contributed by atoms with E-state index in [1.807, 2.05) is 0 Å². The maximum absolute atomic E-state index is 11.5. The van der Waals surface area contributed by atoms with E-state index in [0.29, 0.717) is 0 Å². The molecule has 0 aliphatic carbocycles. The molecule has 1 saturated heterocycles. The van der Waals surface area contributed by atoms with Crippen molar-refractivity contribution >= 4 is 33.2 Å². The number of piperidine rings is 1. The lowest BCUT2D eigenvalue weighted by atomic mass is 9.93. The second-order valence-corrected chi connectivity index (χ2v) is 7.89. The quantitative estimate of drug-likeness (QED) is 0.847. The van der Waals surface area contributed by atoms with Gasteiger partial charge in [-0.2, -0.15) is 0 Å². The number of carbonyl (C=O) groups excluding carboxylic acids is 1. The predicted molar refractivity (Wildman–Crippen MR) is 86.5 cm³/mol. The van der Waals surface area contributed by atoms with Crippen molar-refractivity contribution in [1.29, 1.82) is 0 Å². The van der Waals surface area contributed by atoms with Crippen molar-refractivity contribution < 1.29 is 4.79 Å². The van der Waals surface area contributed by atoms with Crippen LogP contribution in [0.3, 0.4) is 0 Å². The van der Waals surface area contributed by atoms with E-state index in [4.69, 9.17) is 11.5 Å². The average Bonchev–Trinajstić information content (AvgIpc) is 2.85. The molecule has 0 bridgehead atoms. The van der Waals surface area contributed by atoms with Crippen LogP contribution in [-0.2, 0) is 4.79 Å². The summed E-state index contributed by atoms with van der Waals surface area (Å²) in [6.07, 6.45) is 2.82. The van der Waals surface area contributed by atoms with Crippen LogP contribution in [0.2, 0.25) is 0 Å². The molecule has 20 heavy (non-hydrogen) atoms. The number of amides is 1. The van der Waals surface area contributed by atoms with E-state index < -0.39 is 0 Å². The lowest BCUT2D eigenvalue weighted by Crippen LogP contribution is -2.47. The second-order valence-electron chi connectivity index (χ2n) is 5.40. The standard InChI is InChI=1S/C14H22BrN3OS/c1-2-10(16)13(11-5-6-12(15)20-11)18-7-3-4-9(8-18)14(17)19/h5-6,9-10,13H,2-4,7-8,16H2,1H3,(H2,17,19). The molecule has 112 valence electrons. The molecule has 0 aromatic carbocycles. The number of likely N-dealkylation sites (tertiary alicyclic amines) is 1. The molecule has 3 unspecified atom stereocenters. The first-order valence-corrected chi connectivity index (χ1v) is 8.68. The highest BCUT2D eigenvalue weighted by Gasteiger charge is 2.32. The summed E-state index contributed by atoms with van der Waals surface area (Å²) < 4.78 is 1.12.